The normalized spacial score (nSPS) is 11.4. The van der Waals surface area contributed by atoms with Crippen molar-refractivity contribution in [2.45, 2.75) is 19.3 Å². The van der Waals surface area contributed by atoms with E-state index in [4.69, 9.17) is 0 Å². The average Bonchev–Trinajstić information content (AvgIpc) is 2.36. The smallest absolute Gasteiger partial charge is 0.367 e. The van der Waals surface area contributed by atoms with Crippen molar-refractivity contribution < 1.29 is 22.7 Å². The first-order valence-electron chi connectivity index (χ1n) is 6.04. The molecule has 112 valence electrons. The Bertz CT molecular complexity index is 436. The number of benzene rings is 1. The second-order valence-corrected chi connectivity index (χ2v) is 4.23. The van der Waals surface area contributed by atoms with Gasteiger partial charge in [0.2, 0.25) is 5.91 Å². The van der Waals surface area contributed by atoms with Crippen LogP contribution in [0.25, 0.3) is 0 Å². The molecule has 1 rings (SSSR count). The summed E-state index contributed by atoms with van der Waals surface area (Å²) in [6, 6.07) is 6.88. The van der Waals surface area contributed by atoms with Gasteiger partial charge in [0.1, 0.15) is 6.61 Å². The van der Waals surface area contributed by atoms with E-state index < -0.39 is 12.8 Å². The van der Waals surface area contributed by atoms with Crippen LogP contribution in [0.2, 0.25) is 0 Å². The predicted octanol–water partition coefficient (Wildman–Crippen LogP) is 1.60. The predicted molar refractivity (Wildman–Crippen MR) is 67.9 cm³/mol. The summed E-state index contributed by atoms with van der Waals surface area (Å²) < 4.78 is 40.4. The van der Waals surface area contributed by atoms with E-state index in [0.29, 0.717) is 12.1 Å². The fraction of sp³-hybridized carbons (Fsp3) is 0.462. The molecule has 0 heterocycles. The van der Waals surface area contributed by atoms with E-state index in [1.165, 1.54) is 0 Å². The number of carbonyl (C=O) groups is 1. The summed E-state index contributed by atoms with van der Waals surface area (Å²) in [5, 5.41) is 5.40. The summed E-state index contributed by atoms with van der Waals surface area (Å²) in [6.07, 6.45) is -4.32. The molecule has 1 aromatic carbocycles. The fourth-order valence-corrected chi connectivity index (χ4v) is 1.54. The molecule has 7 heteroatoms. The molecule has 0 aliphatic rings. The second-order valence-electron chi connectivity index (χ2n) is 4.23. The molecule has 0 unspecified atom stereocenters. The van der Waals surface area contributed by atoms with Crippen molar-refractivity contribution in [1.29, 1.82) is 0 Å². The van der Waals surface area contributed by atoms with Gasteiger partial charge in [-0.05, 0) is 18.2 Å². The van der Waals surface area contributed by atoms with Crippen molar-refractivity contribution in [2.75, 3.05) is 20.2 Å². The molecule has 0 aliphatic heterocycles. The number of likely N-dealkylation sites (N-methyl/N-ethyl adjacent to an activating group) is 1. The Morgan fingerprint density at radius 2 is 2.00 bits per heavy atom. The van der Waals surface area contributed by atoms with E-state index in [0.717, 1.165) is 5.56 Å². The molecule has 0 aromatic heterocycles. The summed E-state index contributed by atoms with van der Waals surface area (Å²) >= 11 is 0. The van der Waals surface area contributed by atoms with E-state index in [9.17, 15) is 18.0 Å². The molecule has 4 nitrogen and oxygen atoms in total. The molecular weight excluding hydrogens is 273 g/mol. The maximum atomic E-state index is 11.9. The summed E-state index contributed by atoms with van der Waals surface area (Å²) in [7, 11) is 1.66. The van der Waals surface area contributed by atoms with Crippen molar-refractivity contribution in [3.63, 3.8) is 0 Å². The minimum absolute atomic E-state index is 0.113. The van der Waals surface area contributed by atoms with Gasteiger partial charge in [-0.1, -0.05) is 24.3 Å². The highest BCUT2D eigenvalue weighted by atomic mass is 19.4. The molecule has 20 heavy (non-hydrogen) atoms. The summed E-state index contributed by atoms with van der Waals surface area (Å²) in [5.41, 5.74) is 1.44. The number of amides is 1. The van der Waals surface area contributed by atoms with Crippen LogP contribution in [0, 0.1) is 0 Å². The number of rotatable bonds is 7. The van der Waals surface area contributed by atoms with E-state index in [1.54, 1.807) is 31.3 Å². The first kappa shape index (κ1) is 16.5. The van der Waals surface area contributed by atoms with Gasteiger partial charge in [-0.3, -0.25) is 4.79 Å². The lowest BCUT2D eigenvalue weighted by molar-refractivity contribution is -0.176. The lowest BCUT2D eigenvalue weighted by Gasteiger charge is -2.09. The van der Waals surface area contributed by atoms with Crippen molar-refractivity contribution >= 4 is 5.91 Å². The summed E-state index contributed by atoms with van der Waals surface area (Å²) in [6.45, 7) is -0.837. The number of ether oxygens (including phenoxy) is 1. The fourth-order valence-electron chi connectivity index (χ4n) is 1.54. The molecule has 2 N–H and O–H groups in total. The molecular formula is C13H17F3N2O2. The average molecular weight is 290 g/mol. The van der Waals surface area contributed by atoms with Crippen LogP contribution < -0.4 is 10.6 Å². The molecule has 0 atom stereocenters. The van der Waals surface area contributed by atoms with Gasteiger partial charge in [0, 0.05) is 6.54 Å². The Kier molecular flexibility index (Phi) is 6.47. The quantitative estimate of drug-likeness (QED) is 0.802. The Labute approximate surface area is 115 Å². The molecule has 0 spiro atoms. The van der Waals surface area contributed by atoms with Gasteiger partial charge < -0.3 is 15.4 Å². The Morgan fingerprint density at radius 3 is 2.65 bits per heavy atom. The van der Waals surface area contributed by atoms with Gasteiger partial charge in [0.25, 0.3) is 0 Å². The van der Waals surface area contributed by atoms with Crippen molar-refractivity contribution in [3.8, 4) is 0 Å². The largest absolute Gasteiger partial charge is 0.411 e. The monoisotopic (exact) mass is 290 g/mol. The zero-order valence-corrected chi connectivity index (χ0v) is 11.1. The lowest BCUT2D eigenvalue weighted by atomic mass is 10.1. The SMILES string of the molecule is CNCC(=O)NCc1cccc(COCC(F)(F)F)c1. The van der Waals surface area contributed by atoms with Crippen LogP contribution in [0.5, 0.6) is 0 Å². The maximum absolute atomic E-state index is 11.9. The molecule has 0 aliphatic carbocycles. The summed E-state index contributed by atoms with van der Waals surface area (Å²) in [4.78, 5) is 11.3. The third-order valence-corrected chi connectivity index (χ3v) is 2.35. The van der Waals surface area contributed by atoms with Gasteiger partial charge in [-0.25, -0.2) is 0 Å². The van der Waals surface area contributed by atoms with Crippen LogP contribution in [0.15, 0.2) is 24.3 Å². The number of halogens is 3. The zero-order valence-electron chi connectivity index (χ0n) is 11.1. The minimum atomic E-state index is -4.32. The van der Waals surface area contributed by atoms with Gasteiger partial charge in [-0.2, -0.15) is 13.2 Å². The van der Waals surface area contributed by atoms with Gasteiger partial charge in [-0.15, -0.1) is 0 Å². The van der Waals surface area contributed by atoms with Gasteiger partial charge in [0.05, 0.1) is 13.2 Å². The maximum Gasteiger partial charge on any atom is 0.411 e. The number of nitrogens with one attached hydrogen (secondary N) is 2. The van der Waals surface area contributed by atoms with Gasteiger partial charge in [0.15, 0.2) is 0 Å². The van der Waals surface area contributed by atoms with E-state index in [2.05, 4.69) is 15.4 Å². The van der Waals surface area contributed by atoms with Crippen LogP contribution in [-0.4, -0.2) is 32.3 Å². The zero-order chi connectivity index (χ0) is 15.0. The molecule has 0 radical (unpaired) electrons. The molecule has 0 bridgehead atoms. The van der Waals surface area contributed by atoms with Crippen LogP contribution in [0.3, 0.4) is 0 Å². The van der Waals surface area contributed by atoms with Crippen LogP contribution in [0.4, 0.5) is 13.2 Å². The Morgan fingerprint density at radius 1 is 1.30 bits per heavy atom. The van der Waals surface area contributed by atoms with Crippen LogP contribution in [-0.2, 0) is 22.7 Å². The van der Waals surface area contributed by atoms with Crippen LogP contribution >= 0.6 is 0 Å². The highest BCUT2D eigenvalue weighted by molar-refractivity contribution is 5.77. The number of hydrogen-bond donors (Lipinski definition) is 2. The molecule has 0 saturated heterocycles. The van der Waals surface area contributed by atoms with E-state index in [1.807, 2.05) is 0 Å². The number of alkyl halides is 3. The van der Waals surface area contributed by atoms with Gasteiger partial charge >= 0.3 is 6.18 Å². The number of carbonyl (C=O) groups excluding carboxylic acids is 1. The third kappa shape index (κ3) is 7.10. The highest BCUT2D eigenvalue weighted by Gasteiger charge is 2.27. The van der Waals surface area contributed by atoms with E-state index in [-0.39, 0.29) is 19.1 Å². The van der Waals surface area contributed by atoms with Crippen LogP contribution in [0.1, 0.15) is 11.1 Å². The standard InChI is InChI=1S/C13H17F3N2O2/c1-17-7-12(19)18-6-10-3-2-4-11(5-10)8-20-9-13(14,15)16/h2-5,17H,6-9H2,1H3,(H,18,19). The summed E-state index contributed by atoms with van der Waals surface area (Å²) in [5.74, 6) is -0.147. The molecule has 0 saturated carbocycles. The van der Waals surface area contributed by atoms with Crippen molar-refractivity contribution in [3.05, 3.63) is 35.4 Å². The topological polar surface area (TPSA) is 50.4 Å². The Hall–Kier alpha value is -1.60. The third-order valence-electron chi connectivity index (χ3n) is 2.35. The van der Waals surface area contributed by atoms with Crippen molar-refractivity contribution in [1.82, 2.24) is 10.6 Å². The molecule has 0 fully saturated rings. The number of hydrogen-bond acceptors (Lipinski definition) is 3. The second kappa shape index (κ2) is 7.86. The minimum Gasteiger partial charge on any atom is -0.367 e. The molecule has 1 amide bonds. The first-order chi connectivity index (χ1) is 9.40. The highest BCUT2D eigenvalue weighted by Crippen LogP contribution is 2.16. The van der Waals surface area contributed by atoms with E-state index >= 15 is 0 Å². The molecule has 1 aromatic rings. The lowest BCUT2D eigenvalue weighted by Crippen LogP contribution is -2.31. The van der Waals surface area contributed by atoms with Crippen molar-refractivity contribution in [2.24, 2.45) is 0 Å². The Balaban J connectivity index is 2.43. The first-order valence-corrected chi connectivity index (χ1v) is 6.04.